The van der Waals surface area contributed by atoms with E-state index in [0.717, 1.165) is 37.0 Å². The first-order valence-electron chi connectivity index (χ1n) is 12.2. The molecule has 2 amide bonds. The van der Waals surface area contributed by atoms with Gasteiger partial charge in [0.25, 0.3) is 0 Å². The average molecular weight is 410 g/mol. The van der Waals surface area contributed by atoms with Crippen molar-refractivity contribution in [3.05, 3.63) is 70.8 Å². The molecule has 5 fully saturated rings. The van der Waals surface area contributed by atoms with Crippen molar-refractivity contribution in [3.8, 4) is 0 Å². The Morgan fingerprint density at radius 3 is 1.32 bits per heavy atom. The van der Waals surface area contributed by atoms with Crippen LogP contribution in [0.3, 0.4) is 0 Å². The lowest BCUT2D eigenvalue weighted by Crippen LogP contribution is -2.61. The molecule has 0 aromatic heterocycles. The molecule has 0 radical (unpaired) electrons. The minimum Gasteiger partial charge on any atom is -0.276 e. The van der Waals surface area contributed by atoms with E-state index in [1.165, 1.54) is 41.5 Å². The van der Waals surface area contributed by atoms with Crippen molar-refractivity contribution < 1.29 is 9.59 Å². The Morgan fingerprint density at radius 2 is 0.968 bits per heavy atom. The number of hydrogen-bond donors (Lipinski definition) is 0. The lowest BCUT2D eigenvalue weighted by molar-refractivity contribution is -0.159. The van der Waals surface area contributed by atoms with Crippen LogP contribution in [0.15, 0.2) is 48.5 Å². The summed E-state index contributed by atoms with van der Waals surface area (Å²) in [5.74, 6) is 2.09. The third-order valence-corrected chi connectivity index (χ3v) is 9.93. The van der Waals surface area contributed by atoms with E-state index in [-0.39, 0.29) is 41.0 Å². The summed E-state index contributed by atoms with van der Waals surface area (Å²) in [5.41, 5.74) is 4.93. The van der Waals surface area contributed by atoms with E-state index in [1.54, 1.807) is 0 Å². The van der Waals surface area contributed by atoms with Gasteiger partial charge in [0.05, 0.1) is 17.4 Å². The zero-order valence-electron chi connectivity index (χ0n) is 17.7. The number of amides is 2. The van der Waals surface area contributed by atoms with Crippen LogP contribution in [0.1, 0.15) is 72.6 Å². The number of benzene rings is 2. The highest BCUT2D eigenvalue weighted by atomic mass is 16.2. The first-order chi connectivity index (χ1) is 15.1. The molecule has 2 aromatic carbocycles. The molecule has 6 bridgehead atoms. The molecule has 0 spiro atoms. The topological polar surface area (TPSA) is 37.4 Å². The van der Waals surface area contributed by atoms with Crippen molar-refractivity contribution in [2.75, 3.05) is 0 Å². The van der Waals surface area contributed by atoms with Crippen LogP contribution in [0, 0.1) is 29.6 Å². The second kappa shape index (κ2) is 5.49. The molecule has 0 N–H and O–H groups in total. The number of carbonyl (C=O) groups excluding carboxylic acids is 2. The molecule has 10 rings (SSSR count). The van der Waals surface area contributed by atoms with Crippen LogP contribution >= 0.6 is 0 Å². The maximum absolute atomic E-state index is 14.2. The summed E-state index contributed by atoms with van der Waals surface area (Å²) in [7, 11) is 0. The van der Waals surface area contributed by atoms with Crippen LogP contribution < -0.4 is 0 Å². The van der Waals surface area contributed by atoms with E-state index >= 15 is 0 Å². The fourth-order valence-electron chi connectivity index (χ4n) is 9.48. The van der Waals surface area contributed by atoms with Crippen molar-refractivity contribution in [2.45, 2.75) is 55.9 Å². The quantitative estimate of drug-likeness (QED) is 0.632. The van der Waals surface area contributed by atoms with Gasteiger partial charge in [-0.1, -0.05) is 48.5 Å². The molecule has 2 atom stereocenters. The zero-order valence-corrected chi connectivity index (χ0v) is 17.7. The molecular weight excluding hydrogens is 382 g/mol. The zero-order chi connectivity index (χ0) is 20.5. The number of hydrogen-bond acceptors (Lipinski definition) is 2. The van der Waals surface area contributed by atoms with E-state index in [0.29, 0.717) is 0 Å². The molecule has 3 nitrogen and oxygen atoms in total. The molecule has 0 unspecified atom stereocenters. The second-order valence-electron chi connectivity index (χ2n) is 11.4. The summed E-state index contributed by atoms with van der Waals surface area (Å²) in [5, 5.41) is 0. The third kappa shape index (κ3) is 1.93. The van der Waals surface area contributed by atoms with E-state index in [1.807, 2.05) is 4.90 Å². The summed E-state index contributed by atoms with van der Waals surface area (Å²) in [6, 6.07) is 17.2. The van der Waals surface area contributed by atoms with Gasteiger partial charge < -0.3 is 0 Å². The number of carbonyl (C=O) groups is 2. The van der Waals surface area contributed by atoms with Crippen molar-refractivity contribution in [2.24, 2.45) is 29.6 Å². The number of rotatable bonds is 1. The van der Waals surface area contributed by atoms with Crippen molar-refractivity contribution in [1.29, 1.82) is 0 Å². The maximum atomic E-state index is 14.2. The first kappa shape index (κ1) is 17.2. The monoisotopic (exact) mass is 409 g/mol. The summed E-state index contributed by atoms with van der Waals surface area (Å²) in [4.78, 5) is 30.2. The van der Waals surface area contributed by atoms with Crippen LogP contribution in [0.2, 0.25) is 0 Å². The molecule has 156 valence electrons. The Hall–Kier alpha value is -2.42. The van der Waals surface area contributed by atoms with Gasteiger partial charge in [-0.15, -0.1) is 0 Å². The predicted octanol–water partition coefficient (Wildman–Crippen LogP) is 4.85. The minimum absolute atomic E-state index is 0.0257. The molecular formula is C28H27NO2. The Morgan fingerprint density at radius 1 is 0.613 bits per heavy atom. The smallest absolute Gasteiger partial charge is 0.234 e. The van der Waals surface area contributed by atoms with Crippen molar-refractivity contribution >= 4 is 11.8 Å². The number of nitrogens with zero attached hydrogens (tertiary/aromatic N) is 1. The van der Waals surface area contributed by atoms with Gasteiger partial charge in [0.15, 0.2) is 0 Å². The summed E-state index contributed by atoms with van der Waals surface area (Å²) >= 11 is 0. The Labute approximate surface area is 182 Å². The fraction of sp³-hybridized carbons (Fsp3) is 0.500. The van der Waals surface area contributed by atoms with Gasteiger partial charge in [-0.2, -0.15) is 0 Å². The molecule has 1 saturated heterocycles. The van der Waals surface area contributed by atoms with Crippen molar-refractivity contribution in [3.63, 3.8) is 0 Å². The van der Waals surface area contributed by atoms with Gasteiger partial charge in [-0.25, -0.2) is 0 Å². The molecule has 3 heteroatoms. The number of likely N-dealkylation sites (tertiary alicyclic amines) is 1. The molecule has 1 aliphatic heterocycles. The van der Waals surface area contributed by atoms with Gasteiger partial charge in [0.2, 0.25) is 11.8 Å². The van der Waals surface area contributed by atoms with Gasteiger partial charge in [-0.05, 0) is 78.5 Å². The second-order valence-corrected chi connectivity index (χ2v) is 11.4. The van der Waals surface area contributed by atoms with Crippen LogP contribution in [0.4, 0.5) is 0 Å². The van der Waals surface area contributed by atoms with Crippen LogP contribution in [0.25, 0.3) is 0 Å². The highest BCUT2D eigenvalue weighted by Crippen LogP contribution is 2.64. The highest BCUT2D eigenvalue weighted by molar-refractivity contribution is 6.08. The third-order valence-electron chi connectivity index (χ3n) is 9.93. The Bertz CT molecular complexity index is 1010. The predicted molar refractivity (Wildman–Crippen MR) is 116 cm³/mol. The molecule has 4 saturated carbocycles. The Kier molecular flexibility index (Phi) is 3.04. The molecule has 8 aliphatic rings. The standard InChI is InChI=1S/C28H27NO2/c30-26-24-22-18-5-1-2-6-19(18)23(21-8-4-3-7-20(21)22)25(24)27(31)29(26)28-12-15-9-16(13-28)11-17(10-15)14-28/h1-8,15-17,22-25H,9-14H2/t15?,16?,17?,22?,23?,24-,25+,28?. The van der Waals surface area contributed by atoms with Crippen LogP contribution in [-0.4, -0.2) is 22.3 Å². The largest absolute Gasteiger partial charge is 0.276 e. The van der Waals surface area contributed by atoms with E-state index in [4.69, 9.17) is 0 Å². The van der Waals surface area contributed by atoms with Gasteiger partial charge >= 0.3 is 0 Å². The first-order valence-corrected chi connectivity index (χ1v) is 12.2. The van der Waals surface area contributed by atoms with Gasteiger partial charge in [0, 0.05) is 11.8 Å². The molecule has 31 heavy (non-hydrogen) atoms. The van der Waals surface area contributed by atoms with E-state index in [2.05, 4.69) is 48.5 Å². The van der Waals surface area contributed by atoms with Crippen LogP contribution in [-0.2, 0) is 9.59 Å². The lowest BCUT2D eigenvalue weighted by atomic mass is 9.52. The SMILES string of the molecule is O=C1[C@@H]2C3c4ccccc4C(c4ccccc43)[C@@H]2C(=O)N1C12CC3CC(CC(C3)C1)C2. The molecule has 2 aromatic rings. The van der Waals surface area contributed by atoms with Gasteiger partial charge in [-0.3, -0.25) is 14.5 Å². The van der Waals surface area contributed by atoms with E-state index in [9.17, 15) is 9.59 Å². The van der Waals surface area contributed by atoms with Crippen LogP contribution in [0.5, 0.6) is 0 Å². The fourth-order valence-corrected chi connectivity index (χ4v) is 9.48. The summed E-state index contributed by atoms with van der Waals surface area (Å²) < 4.78 is 0. The van der Waals surface area contributed by atoms with Crippen molar-refractivity contribution in [1.82, 2.24) is 4.90 Å². The molecule has 7 aliphatic carbocycles. The average Bonchev–Trinajstić information content (AvgIpc) is 3.04. The normalized spacial score (nSPS) is 43.2. The lowest BCUT2D eigenvalue weighted by Gasteiger charge is -2.59. The maximum Gasteiger partial charge on any atom is 0.234 e. The number of imide groups is 1. The summed E-state index contributed by atoms with van der Waals surface area (Å²) in [6.07, 6.45) is 7.15. The Balaban J connectivity index is 1.30. The summed E-state index contributed by atoms with van der Waals surface area (Å²) in [6.45, 7) is 0. The highest BCUT2D eigenvalue weighted by Gasteiger charge is 2.66. The van der Waals surface area contributed by atoms with E-state index < -0.39 is 0 Å². The van der Waals surface area contributed by atoms with Gasteiger partial charge in [0.1, 0.15) is 0 Å². The minimum atomic E-state index is -0.213. The molecule has 1 heterocycles.